The summed E-state index contributed by atoms with van der Waals surface area (Å²) >= 11 is 0. The number of aromatic amines is 1. The van der Waals surface area contributed by atoms with Crippen LogP contribution in [0.4, 0.5) is 0 Å². The van der Waals surface area contributed by atoms with Crippen LogP contribution in [-0.2, 0) is 30.4 Å². The number of hydrogen-bond acceptors (Lipinski definition) is 7. The summed E-state index contributed by atoms with van der Waals surface area (Å²) in [6, 6.07) is 2.39. The lowest BCUT2D eigenvalue weighted by molar-refractivity contribution is -0.143. The number of nitrogens with two attached hydrogens (primary N) is 2. The van der Waals surface area contributed by atoms with Crippen LogP contribution in [0.25, 0.3) is 10.9 Å². The predicted molar refractivity (Wildman–Crippen MR) is 148 cm³/mol. The van der Waals surface area contributed by atoms with E-state index in [9.17, 15) is 34.2 Å². The maximum absolute atomic E-state index is 13.2. The van der Waals surface area contributed by atoms with Crippen LogP contribution in [0.5, 0.6) is 0 Å². The van der Waals surface area contributed by atoms with Gasteiger partial charge in [0.05, 0.1) is 12.5 Å². The van der Waals surface area contributed by atoms with Crippen LogP contribution in [0.2, 0.25) is 0 Å². The van der Waals surface area contributed by atoms with Crippen molar-refractivity contribution >= 4 is 40.6 Å². The van der Waals surface area contributed by atoms with Crippen molar-refractivity contribution in [1.29, 1.82) is 0 Å². The van der Waals surface area contributed by atoms with Gasteiger partial charge in [-0.2, -0.15) is 0 Å². The molecule has 5 atom stereocenters. The Morgan fingerprint density at radius 1 is 0.925 bits per heavy atom. The quantitative estimate of drug-likeness (QED) is 0.124. The van der Waals surface area contributed by atoms with Crippen LogP contribution in [0.15, 0.2) is 30.5 Å². The molecule has 220 valence electrons. The second-order valence-electron chi connectivity index (χ2n) is 9.88. The highest BCUT2D eigenvalue weighted by atomic mass is 16.4. The number of carbonyl (C=O) groups is 5. The molecule has 10 N–H and O–H groups in total. The minimum atomic E-state index is -1.49. The van der Waals surface area contributed by atoms with E-state index in [0.717, 1.165) is 10.9 Å². The van der Waals surface area contributed by atoms with Crippen molar-refractivity contribution in [1.82, 2.24) is 20.9 Å². The van der Waals surface area contributed by atoms with Crippen molar-refractivity contribution in [3.05, 3.63) is 36.0 Å². The van der Waals surface area contributed by atoms with Gasteiger partial charge in [-0.25, -0.2) is 4.79 Å². The number of para-hydroxylation sites is 1. The zero-order valence-corrected chi connectivity index (χ0v) is 22.8. The lowest BCUT2D eigenvalue weighted by Gasteiger charge is -2.25. The van der Waals surface area contributed by atoms with Gasteiger partial charge >= 0.3 is 11.9 Å². The molecule has 40 heavy (non-hydrogen) atoms. The molecule has 1 aromatic heterocycles. The van der Waals surface area contributed by atoms with Crippen molar-refractivity contribution in [2.45, 2.75) is 76.5 Å². The average molecular weight is 561 g/mol. The summed E-state index contributed by atoms with van der Waals surface area (Å²) < 4.78 is 0. The zero-order chi connectivity index (χ0) is 29.8. The number of rotatable bonds is 17. The summed E-state index contributed by atoms with van der Waals surface area (Å²) in [5.41, 5.74) is 13.0. The van der Waals surface area contributed by atoms with Crippen molar-refractivity contribution in [3.63, 3.8) is 0 Å². The molecule has 2 aromatic rings. The molecule has 0 saturated heterocycles. The fraction of sp³-hybridized carbons (Fsp3) is 0.519. The van der Waals surface area contributed by atoms with Gasteiger partial charge in [-0.15, -0.1) is 0 Å². The normalized spacial score (nSPS) is 14.9. The molecule has 1 aromatic carbocycles. The van der Waals surface area contributed by atoms with Crippen LogP contribution < -0.4 is 27.4 Å². The molecule has 0 spiro atoms. The van der Waals surface area contributed by atoms with Gasteiger partial charge in [-0.1, -0.05) is 38.5 Å². The van der Waals surface area contributed by atoms with Crippen molar-refractivity contribution in [2.24, 2.45) is 17.4 Å². The van der Waals surface area contributed by atoms with Crippen LogP contribution in [0.1, 0.15) is 51.5 Å². The fourth-order valence-electron chi connectivity index (χ4n) is 4.19. The van der Waals surface area contributed by atoms with E-state index < -0.39 is 60.2 Å². The fourth-order valence-corrected chi connectivity index (χ4v) is 4.19. The van der Waals surface area contributed by atoms with Gasteiger partial charge in [-0.05, 0) is 43.4 Å². The number of H-pyrrole nitrogens is 1. The Balaban J connectivity index is 2.20. The minimum absolute atomic E-state index is 0.0141. The largest absolute Gasteiger partial charge is 0.481 e. The zero-order valence-electron chi connectivity index (χ0n) is 22.8. The number of amides is 3. The first kappa shape index (κ1) is 32.2. The van der Waals surface area contributed by atoms with E-state index >= 15 is 0 Å². The van der Waals surface area contributed by atoms with Crippen LogP contribution in [0.3, 0.4) is 0 Å². The number of nitrogens with one attached hydrogen (secondary N) is 4. The van der Waals surface area contributed by atoms with Gasteiger partial charge < -0.3 is 42.6 Å². The van der Waals surface area contributed by atoms with E-state index in [0.29, 0.717) is 31.4 Å². The summed E-state index contributed by atoms with van der Waals surface area (Å²) in [4.78, 5) is 65.4. The third-order valence-electron chi connectivity index (χ3n) is 6.86. The molecule has 0 saturated carbocycles. The topological polar surface area (TPSA) is 230 Å². The van der Waals surface area contributed by atoms with E-state index in [1.807, 2.05) is 31.2 Å². The molecule has 13 nitrogen and oxygen atoms in total. The van der Waals surface area contributed by atoms with Crippen LogP contribution >= 0.6 is 0 Å². The Morgan fingerprint density at radius 2 is 1.55 bits per heavy atom. The molecular weight excluding hydrogens is 520 g/mol. The summed E-state index contributed by atoms with van der Waals surface area (Å²) in [5, 5.41) is 27.3. The standard InChI is InChI=1S/C27H40N6O7/c1-3-15(2)23(29)26(38)32-20(13-22(34)35)25(37)31-19(10-6-7-11-28)24(36)33-21(27(39)40)12-16-14-30-18-9-5-4-8-17(16)18/h4-5,8-9,14-15,19-21,23,30H,3,6-7,10-13,28-29H2,1-2H3,(H,31,37)(H,32,38)(H,33,36)(H,34,35)(H,39,40). The average Bonchev–Trinajstić information content (AvgIpc) is 3.33. The summed E-state index contributed by atoms with van der Waals surface area (Å²) in [6.07, 6.45) is 2.61. The predicted octanol–water partition coefficient (Wildman–Crippen LogP) is 0.227. The first-order valence-corrected chi connectivity index (χ1v) is 13.3. The Bertz CT molecular complexity index is 1180. The molecule has 2 rings (SSSR count). The van der Waals surface area contributed by atoms with Crippen molar-refractivity contribution in [2.75, 3.05) is 6.54 Å². The Labute approximate surface area is 232 Å². The highest BCUT2D eigenvalue weighted by molar-refractivity contribution is 5.96. The van der Waals surface area contributed by atoms with Gasteiger partial charge in [0.15, 0.2) is 0 Å². The van der Waals surface area contributed by atoms with Crippen LogP contribution in [-0.4, -0.2) is 75.6 Å². The van der Waals surface area contributed by atoms with Gasteiger partial charge in [-0.3, -0.25) is 19.2 Å². The second-order valence-corrected chi connectivity index (χ2v) is 9.88. The Morgan fingerprint density at radius 3 is 2.17 bits per heavy atom. The number of fused-ring (bicyclic) bond motifs is 1. The SMILES string of the molecule is CCC(C)C(N)C(=O)NC(CC(=O)O)C(=O)NC(CCCCN)C(=O)NC(Cc1c[nH]c2ccccc12)C(=O)O. The van der Waals surface area contributed by atoms with Gasteiger partial charge in [0.25, 0.3) is 0 Å². The van der Waals surface area contributed by atoms with E-state index in [-0.39, 0.29) is 18.8 Å². The summed E-state index contributed by atoms with van der Waals surface area (Å²) in [5.74, 6) is -5.16. The molecular formula is C27H40N6O7. The van der Waals surface area contributed by atoms with Crippen molar-refractivity contribution in [3.8, 4) is 0 Å². The van der Waals surface area contributed by atoms with E-state index in [1.165, 1.54) is 0 Å². The van der Waals surface area contributed by atoms with Gasteiger partial charge in [0, 0.05) is 23.5 Å². The third kappa shape index (κ3) is 9.35. The maximum Gasteiger partial charge on any atom is 0.326 e. The lowest BCUT2D eigenvalue weighted by Crippen LogP contribution is -2.58. The number of hydrogen-bond donors (Lipinski definition) is 8. The Kier molecular flexibility index (Phi) is 12.6. The van der Waals surface area contributed by atoms with E-state index in [2.05, 4.69) is 20.9 Å². The monoisotopic (exact) mass is 560 g/mol. The summed E-state index contributed by atoms with van der Waals surface area (Å²) in [7, 11) is 0. The smallest absolute Gasteiger partial charge is 0.326 e. The number of aromatic nitrogens is 1. The highest BCUT2D eigenvalue weighted by Crippen LogP contribution is 2.19. The number of carboxylic acids is 2. The van der Waals surface area contributed by atoms with Gasteiger partial charge in [0.1, 0.15) is 18.1 Å². The van der Waals surface area contributed by atoms with Crippen molar-refractivity contribution < 1.29 is 34.2 Å². The first-order valence-electron chi connectivity index (χ1n) is 13.3. The number of carbonyl (C=O) groups excluding carboxylic acids is 3. The second kappa shape index (κ2) is 15.6. The Hall–Kier alpha value is -3.97. The van der Waals surface area contributed by atoms with E-state index in [1.54, 1.807) is 13.1 Å². The van der Waals surface area contributed by atoms with Gasteiger partial charge in [0.2, 0.25) is 17.7 Å². The molecule has 0 aliphatic carbocycles. The molecule has 0 aliphatic heterocycles. The third-order valence-corrected chi connectivity index (χ3v) is 6.86. The first-order chi connectivity index (χ1) is 19.0. The molecule has 13 heteroatoms. The molecule has 3 amide bonds. The van der Waals surface area contributed by atoms with E-state index in [4.69, 9.17) is 11.5 Å². The maximum atomic E-state index is 13.2. The lowest BCUT2D eigenvalue weighted by atomic mass is 9.99. The summed E-state index contributed by atoms with van der Waals surface area (Å²) in [6.45, 7) is 3.93. The highest BCUT2D eigenvalue weighted by Gasteiger charge is 2.32. The van der Waals surface area contributed by atoms with Crippen LogP contribution in [0, 0.1) is 5.92 Å². The number of carboxylic acid groups (broad SMARTS) is 2. The molecule has 0 fully saturated rings. The molecule has 0 radical (unpaired) electrons. The number of unbranched alkanes of at least 4 members (excludes halogenated alkanes) is 1. The minimum Gasteiger partial charge on any atom is -0.481 e. The molecule has 1 heterocycles. The number of aliphatic carboxylic acids is 2. The number of benzene rings is 1. The molecule has 0 bridgehead atoms. The molecule has 5 unspecified atom stereocenters. The molecule has 0 aliphatic rings.